The van der Waals surface area contributed by atoms with Crippen LogP contribution in [-0.4, -0.2) is 28.2 Å². The predicted molar refractivity (Wildman–Crippen MR) is 77.9 cm³/mol. The fourth-order valence-electron chi connectivity index (χ4n) is 3.34. The van der Waals surface area contributed by atoms with Gasteiger partial charge in [-0.15, -0.1) is 0 Å². The maximum atomic E-state index is 11.4. The second kappa shape index (κ2) is 7.24. The Morgan fingerprint density at radius 2 is 2.05 bits per heavy atom. The van der Waals surface area contributed by atoms with Crippen molar-refractivity contribution < 1.29 is 15.0 Å². The summed E-state index contributed by atoms with van der Waals surface area (Å²) in [5.41, 5.74) is 0. The summed E-state index contributed by atoms with van der Waals surface area (Å²) in [7, 11) is 0. The van der Waals surface area contributed by atoms with E-state index in [1.54, 1.807) is 0 Å². The van der Waals surface area contributed by atoms with E-state index < -0.39 is 12.2 Å². The molecule has 0 amide bonds. The first-order chi connectivity index (χ1) is 9.63. The molecule has 2 saturated carbocycles. The van der Waals surface area contributed by atoms with Crippen molar-refractivity contribution in [3.63, 3.8) is 0 Å². The number of hydrogen-bond donors (Lipinski definition) is 2. The summed E-state index contributed by atoms with van der Waals surface area (Å²) in [5, 5.41) is 19.9. The molecule has 5 atom stereocenters. The van der Waals surface area contributed by atoms with E-state index in [1.807, 2.05) is 0 Å². The highest BCUT2D eigenvalue weighted by Gasteiger charge is 2.52. The maximum absolute atomic E-state index is 11.4. The molecule has 0 aromatic heterocycles. The monoisotopic (exact) mass is 278 g/mol. The summed E-state index contributed by atoms with van der Waals surface area (Å²) in [5.74, 6) is 6.19. The summed E-state index contributed by atoms with van der Waals surface area (Å²) >= 11 is 0. The third-order valence-electron chi connectivity index (χ3n) is 4.74. The lowest BCUT2D eigenvalue weighted by molar-refractivity contribution is -0.135. The van der Waals surface area contributed by atoms with E-state index in [0.29, 0.717) is 19.3 Å². The molecule has 0 aliphatic heterocycles. The number of unbranched alkanes of at least 4 members (excludes halogenated alkanes) is 4. The molecule has 5 unspecified atom stereocenters. The van der Waals surface area contributed by atoms with Crippen molar-refractivity contribution in [3.8, 4) is 11.8 Å². The molecular formula is C17H26O3. The van der Waals surface area contributed by atoms with Gasteiger partial charge < -0.3 is 10.2 Å². The lowest BCUT2D eigenvalue weighted by Gasteiger charge is -2.29. The molecule has 112 valence electrons. The molecule has 0 heterocycles. The van der Waals surface area contributed by atoms with Crippen LogP contribution < -0.4 is 0 Å². The highest BCUT2D eigenvalue weighted by atomic mass is 16.3. The number of hydrogen-bond acceptors (Lipinski definition) is 3. The van der Waals surface area contributed by atoms with Gasteiger partial charge in [0.15, 0.2) is 0 Å². The zero-order valence-electron chi connectivity index (χ0n) is 12.3. The molecule has 0 spiro atoms. The smallest absolute Gasteiger partial charge is 0.136 e. The summed E-state index contributed by atoms with van der Waals surface area (Å²) in [6, 6.07) is 0. The Morgan fingerprint density at radius 3 is 2.70 bits per heavy atom. The standard InChI is InChI=1S/C17H26O3/c1-2-3-4-5-6-7-13(18)9-8-12-10-14-15(17(12)20)11-16(14)19/h12-15,17-18,20H,2-7,10-11H2,1H3. The van der Waals surface area contributed by atoms with Crippen LogP contribution in [0.3, 0.4) is 0 Å². The number of carbonyl (C=O) groups excluding carboxylic acids is 1. The van der Waals surface area contributed by atoms with Crippen molar-refractivity contribution in [2.45, 2.75) is 70.5 Å². The molecule has 0 aromatic carbocycles. The topological polar surface area (TPSA) is 57.5 Å². The zero-order valence-corrected chi connectivity index (χ0v) is 12.3. The van der Waals surface area contributed by atoms with Gasteiger partial charge in [-0.3, -0.25) is 4.79 Å². The molecule has 0 bridgehead atoms. The molecule has 2 fully saturated rings. The van der Waals surface area contributed by atoms with Gasteiger partial charge in [-0.25, -0.2) is 0 Å². The number of Topliss-reactive ketones (excluding diaryl/α,β-unsaturated/α-hetero) is 1. The van der Waals surface area contributed by atoms with E-state index in [4.69, 9.17) is 0 Å². The third-order valence-corrected chi connectivity index (χ3v) is 4.74. The first-order valence-electron chi connectivity index (χ1n) is 8.03. The van der Waals surface area contributed by atoms with Crippen LogP contribution in [0.4, 0.5) is 0 Å². The van der Waals surface area contributed by atoms with Crippen molar-refractivity contribution in [2.24, 2.45) is 17.8 Å². The molecule has 2 N–H and O–H groups in total. The molecule has 0 saturated heterocycles. The van der Waals surface area contributed by atoms with E-state index in [-0.39, 0.29) is 23.5 Å². The Balaban J connectivity index is 1.69. The minimum absolute atomic E-state index is 0.0375. The largest absolute Gasteiger partial charge is 0.392 e. The molecule has 2 aliphatic carbocycles. The van der Waals surface area contributed by atoms with Crippen LogP contribution >= 0.6 is 0 Å². The minimum Gasteiger partial charge on any atom is -0.392 e. The van der Waals surface area contributed by atoms with Gasteiger partial charge >= 0.3 is 0 Å². The van der Waals surface area contributed by atoms with Gasteiger partial charge in [-0.2, -0.15) is 0 Å². The quantitative estimate of drug-likeness (QED) is 0.579. The van der Waals surface area contributed by atoms with Crippen LogP contribution in [0.25, 0.3) is 0 Å². The molecule has 3 nitrogen and oxygen atoms in total. The Labute approximate surface area is 121 Å². The van der Waals surface area contributed by atoms with E-state index in [9.17, 15) is 15.0 Å². The number of rotatable bonds is 6. The SMILES string of the molecule is CCCCCCCC(O)C#CC1CC2C(=O)CC2C1O. The molecule has 0 aromatic rings. The molecule has 3 heteroatoms. The van der Waals surface area contributed by atoms with Gasteiger partial charge in [0.1, 0.15) is 11.9 Å². The zero-order chi connectivity index (χ0) is 14.5. The third kappa shape index (κ3) is 3.62. The summed E-state index contributed by atoms with van der Waals surface area (Å²) in [6.45, 7) is 2.19. The van der Waals surface area contributed by atoms with Gasteiger partial charge in [-0.1, -0.05) is 44.4 Å². The second-order valence-corrected chi connectivity index (χ2v) is 6.28. The van der Waals surface area contributed by atoms with E-state index in [1.165, 1.54) is 19.3 Å². The van der Waals surface area contributed by atoms with Crippen LogP contribution in [0.5, 0.6) is 0 Å². The summed E-state index contributed by atoms with van der Waals surface area (Å²) in [6.07, 6.45) is 6.72. The van der Waals surface area contributed by atoms with Gasteiger partial charge in [0.25, 0.3) is 0 Å². The normalized spacial score (nSPS) is 33.0. The number of ketones is 1. The Bertz CT molecular complexity index is 393. The average molecular weight is 278 g/mol. The molecule has 2 aliphatic rings. The number of carbonyl (C=O) groups is 1. The molecule has 20 heavy (non-hydrogen) atoms. The lowest BCUT2D eigenvalue weighted by Crippen LogP contribution is -2.38. The number of aliphatic hydroxyl groups is 2. The lowest BCUT2D eigenvalue weighted by atomic mass is 9.74. The van der Waals surface area contributed by atoms with Crippen LogP contribution in [-0.2, 0) is 4.79 Å². The first kappa shape index (κ1) is 15.5. The maximum Gasteiger partial charge on any atom is 0.136 e. The highest BCUT2D eigenvalue weighted by molar-refractivity contribution is 5.88. The molecular weight excluding hydrogens is 252 g/mol. The average Bonchev–Trinajstić information content (AvgIpc) is 2.68. The van der Waals surface area contributed by atoms with Crippen LogP contribution in [0.1, 0.15) is 58.3 Å². The predicted octanol–water partition coefficient (Wildman–Crippen LogP) is 2.30. The second-order valence-electron chi connectivity index (χ2n) is 6.28. The Kier molecular flexibility index (Phi) is 5.63. The van der Waals surface area contributed by atoms with E-state index in [2.05, 4.69) is 18.8 Å². The number of fused-ring (bicyclic) bond motifs is 1. The molecule has 2 rings (SSSR count). The minimum atomic E-state index is -0.585. The van der Waals surface area contributed by atoms with Gasteiger partial charge in [0.05, 0.1) is 6.10 Å². The summed E-state index contributed by atoms with van der Waals surface area (Å²) in [4.78, 5) is 11.4. The van der Waals surface area contributed by atoms with Crippen LogP contribution in [0, 0.1) is 29.6 Å². The van der Waals surface area contributed by atoms with Crippen molar-refractivity contribution >= 4 is 5.78 Å². The Hall–Kier alpha value is -0.850. The number of aliphatic hydroxyl groups excluding tert-OH is 2. The fraction of sp³-hybridized carbons (Fsp3) is 0.824. The van der Waals surface area contributed by atoms with Crippen molar-refractivity contribution in [1.29, 1.82) is 0 Å². The van der Waals surface area contributed by atoms with Gasteiger partial charge in [0.2, 0.25) is 0 Å². The van der Waals surface area contributed by atoms with Crippen molar-refractivity contribution in [3.05, 3.63) is 0 Å². The van der Waals surface area contributed by atoms with Gasteiger partial charge in [0, 0.05) is 24.2 Å². The van der Waals surface area contributed by atoms with E-state index >= 15 is 0 Å². The van der Waals surface area contributed by atoms with Crippen molar-refractivity contribution in [2.75, 3.05) is 0 Å². The van der Waals surface area contributed by atoms with Gasteiger partial charge in [-0.05, 0) is 19.3 Å². The van der Waals surface area contributed by atoms with Crippen molar-refractivity contribution in [1.82, 2.24) is 0 Å². The Morgan fingerprint density at radius 1 is 1.30 bits per heavy atom. The fourth-order valence-corrected chi connectivity index (χ4v) is 3.34. The first-order valence-corrected chi connectivity index (χ1v) is 8.03. The summed E-state index contributed by atoms with van der Waals surface area (Å²) < 4.78 is 0. The van der Waals surface area contributed by atoms with E-state index in [0.717, 1.165) is 12.8 Å². The van der Waals surface area contributed by atoms with Crippen LogP contribution in [0.15, 0.2) is 0 Å². The van der Waals surface area contributed by atoms with Crippen LogP contribution in [0.2, 0.25) is 0 Å². The molecule has 0 radical (unpaired) electrons. The highest BCUT2D eigenvalue weighted by Crippen LogP contribution is 2.47.